The molecule has 17 heavy (non-hydrogen) atoms. The number of nitriles is 4. The molecular formula is C12HN4S. The van der Waals surface area contributed by atoms with Crippen LogP contribution in [0.4, 0.5) is 0 Å². The number of hydrogen-bond donors (Lipinski definition) is 0. The van der Waals surface area contributed by atoms with E-state index in [1.807, 2.05) is 24.3 Å². The van der Waals surface area contributed by atoms with Gasteiger partial charge in [0.25, 0.3) is 0 Å². The van der Waals surface area contributed by atoms with Gasteiger partial charge in [0, 0.05) is 10.1 Å². The van der Waals surface area contributed by atoms with Gasteiger partial charge in [0.2, 0.25) is 0 Å². The highest BCUT2D eigenvalue weighted by Gasteiger charge is 2.17. The topological polar surface area (TPSA) is 95.2 Å². The third-order valence-corrected chi connectivity index (χ3v) is 3.11. The van der Waals surface area contributed by atoms with Gasteiger partial charge in [-0.25, -0.2) is 0 Å². The molecule has 1 aromatic carbocycles. The molecule has 1 aromatic heterocycles. The Morgan fingerprint density at radius 3 is 2.18 bits per heavy atom. The molecule has 0 amide bonds. The molecule has 0 aliphatic carbocycles. The average Bonchev–Trinajstić information content (AvgIpc) is 2.78. The van der Waals surface area contributed by atoms with Crippen molar-refractivity contribution in [2.45, 2.75) is 0 Å². The van der Waals surface area contributed by atoms with Crippen LogP contribution in [0.3, 0.4) is 0 Å². The van der Waals surface area contributed by atoms with Crippen LogP contribution in [0.5, 0.6) is 0 Å². The third kappa shape index (κ3) is 1.40. The Morgan fingerprint density at radius 2 is 1.65 bits per heavy atom. The van der Waals surface area contributed by atoms with E-state index in [4.69, 9.17) is 21.0 Å². The van der Waals surface area contributed by atoms with Gasteiger partial charge >= 0.3 is 0 Å². The summed E-state index contributed by atoms with van der Waals surface area (Å²) in [6, 6.07) is 9.04. The lowest BCUT2D eigenvalue weighted by molar-refractivity contribution is 1.42. The molecule has 0 aliphatic rings. The van der Waals surface area contributed by atoms with Gasteiger partial charge in [-0.15, -0.1) is 11.3 Å². The molecule has 4 nitrogen and oxygen atoms in total. The molecule has 2 rings (SSSR count). The molecule has 1 heterocycles. The number of hydrogen-bond acceptors (Lipinski definition) is 5. The molecule has 0 fully saturated rings. The Balaban J connectivity index is 3.09. The van der Waals surface area contributed by atoms with Gasteiger partial charge in [0.15, 0.2) is 0 Å². The second kappa shape index (κ2) is 3.95. The van der Waals surface area contributed by atoms with E-state index >= 15 is 0 Å². The van der Waals surface area contributed by atoms with E-state index in [2.05, 4.69) is 5.38 Å². The Bertz CT molecular complexity index is 787. The van der Waals surface area contributed by atoms with Crippen molar-refractivity contribution in [3.8, 4) is 24.3 Å². The van der Waals surface area contributed by atoms with Crippen molar-refractivity contribution in [1.82, 2.24) is 0 Å². The lowest BCUT2D eigenvalue weighted by Crippen LogP contribution is -1.91. The zero-order valence-electron chi connectivity index (χ0n) is 8.27. The first-order valence-electron chi connectivity index (χ1n) is 4.38. The SMILES string of the molecule is N#Cc1cc2s[c]c(C#N)c2c(C#N)c1C#N. The van der Waals surface area contributed by atoms with Crippen LogP contribution in [0.15, 0.2) is 6.07 Å². The minimum absolute atomic E-state index is 0.0193. The van der Waals surface area contributed by atoms with Gasteiger partial charge in [-0.3, -0.25) is 0 Å². The highest BCUT2D eigenvalue weighted by molar-refractivity contribution is 7.17. The Kier molecular flexibility index (Phi) is 2.48. The predicted molar refractivity (Wildman–Crippen MR) is 59.5 cm³/mol. The third-order valence-electron chi connectivity index (χ3n) is 2.26. The number of rotatable bonds is 0. The van der Waals surface area contributed by atoms with E-state index < -0.39 is 0 Å². The summed E-state index contributed by atoms with van der Waals surface area (Å²) < 4.78 is 0.619. The van der Waals surface area contributed by atoms with E-state index in [-0.39, 0.29) is 22.3 Å². The van der Waals surface area contributed by atoms with Crippen molar-refractivity contribution in [1.29, 1.82) is 21.0 Å². The predicted octanol–water partition coefficient (Wildman–Crippen LogP) is 2.19. The minimum atomic E-state index is 0.0193. The van der Waals surface area contributed by atoms with Gasteiger partial charge in [-0.05, 0) is 6.07 Å². The molecule has 1 radical (unpaired) electrons. The van der Waals surface area contributed by atoms with Crippen molar-refractivity contribution >= 4 is 21.4 Å². The molecule has 75 valence electrons. The second-order valence-electron chi connectivity index (χ2n) is 3.07. The molecule has 0 saturated heterocycles. The lowest BCUT2D eigenvalue weighted by atomic mass is 9.98. The molecule has 5 heteroatoms. The molecule has 0 aliphatic heterocycles. The molecule has 2 aromatic rings. The molecule has 0 bridgehead atoms. The maximum Gasteiger partial charge on any atom is 0.102 e. The van der Waals surface area contributed by atoms with Crippen LogP contribution in [0, 0.1) is 50.7 Å². The first kappa shape index (κ1) is 10.7. The number of benzene rings is 1. The molecular weight excluding hydrogens is 232 g/mol. The highest BCUT2D eigenvalue weighted by atomic mass is 32.1. The molecule has 0 atom stereocenters. The van der Waals surface area contributed by atoms with Gasteiger partial charge in [-0.2, -0.15) is 21.0 Å². The number of thiophene rings is 1. The Labute approximate surface area is 101 Å². The van der Waals surface area contributed by atoms with Crippen LogP contribution < -0.4 is 0 Å². The van der Waals surface area contributed by atoms with Crippen LogP contribution in [0.25, 0.3) is 10.1 Å². The van der Waals surface area contributed by atoms with Crippen LogP contribution >= 0.6 is 11.3 Å². The van der Waals surface area contributed by atoms with E-state index in [9.17, 15) is 0 Å². The van der Waals surface area contributed by atoms with Crippen LogP contribution in [-0.2, 0) is 0 Å². The molecule has 0 spiro atoms. The van der Waals surface area contributed by atoms with E-state index in [0.717, 1.165) is 11.3 Å². The standard InChI is InChI=1S/C12HN4S/c13-2-7-1-11-12(8(3-14)6-17-11)10(5-16)9(7)4-15/h1H. The number of nitrogens with zero attached hydrogens (tertiary/aromatic N) is 4. The van der Waals surface area contributed by atoms with E-state index in [1.54, 1.807) is 0 Å². The summed E-state index contributed by atoms with van der Waals surface area (Å²) >= 11 is 1.16. The summed E-state index contributed by atoms with van der Waals surface area (Å²) in [5, 5.41) is 39.0. The van der Waals surface area contributed by atoms with E-state index in [0.29, 0.717) is 10.1 Å². The van der Waals surface area contributed by atoms with Crippen molar-refractivity contribution in [2.75, 3.05) is 0 Å². The summed E-state index contributed by atoms with van der Waals surface area (Å²) in [6.45, 7) is 0. The second-order valence-corrected chi connectivity index (χ2v) is 3.92. The summed E-state index contributed by atoms with van der Waals surface area (Å²) in [6.07, 6.45) is 0. The van der Waals surface area contributed by atoms with Gasteiger partial charge in [-0.1, -0.05) is 0 Å². The summed E-state index contributed by atoms with van der Waals surface area (Å²) in [7, 11) is 0. The molecule has 0 N–H and O–H groups in total. The Hall–Kier alpha value is -2.86. The highest BCUT2D eigenvalue weighted by Crippen LogP contribution is 2.31. The molecule has 0 unspecified atom stereocenters. The largest absolute Gasteiger partial charge is 0.192 e. The normalized spacial score (nSPS) is 8.94. The quantitative estimate of drug-likeness (QED) is 0.696. The van der Waals surface area contributed by atoms with Crippen LogP contribution in [0.1, 0.15) is 22.3 Å². The molecule has 0 saturated carbocycles. The fourth-order valence-corrected chi connectivity index (χ4v) is 2.38. The maximum atomic E-state index is 9.08. The first-order valence-corrected chi connectivity index (χ1v) is 5.20. The fourth-order valence-electron chi connectivity index (χ4n) is 1.54. The van der Waals surface area contributed by atoms with Crippen molar-refractivity contribution < 1.29 is 0 Å². The number of fused-ring (bicyclic) bond motifs is 1. The van der Waals surface area contributed by atoms with Gasteiger partial charge in [0.1, 0.15) is 24.3 Å². The first-order chi connectivity index (χ1) is 8.26. The zero-order chi connectivity index (χ0) is 12.4. The smallest absolute Gasteiger partial charge is 0.102 e. The van der Waals surface area contributed by atoms with Crippen molar-refractivity contribution in [3.63, 3.8) is 0 Å². The summed E-state index contributed by atoms with van der Waals surface area (Å²) in [5.41, 5.74) is 0.486. The monoisotopic (exact) mass is 233 g/mol. The van der Waals surface area contributed by atoms with Crippen molar-refractivity contribution in [2.24, 2.45) is 0 Å². The zero-order valence-corrected chi connectivity index (χ0v) is 9.09. The Morgan fingerprint density at radius 1 is 0.941 bits per heavy atom. The van der Waals surface area contributed by atoms with Gasteiger partial charge < -0.3 is 0 Å². The lowest BCUT2D eigenvalue weighted by Gasteiger charge is -2.00. The van der Waals surface area contributed by atoms with Crippen LogP contribution in [0.2, 0.25) is 0 Å². The minimum Gasteiger partial charge on any atom is -0.192 e. The fraction of sp³-hybridized carbons (Fsp3) is 0. The summed E-state index contributed by atoms with van der Waals surface area (Å²) in [4.78, 5) is 0. The van der Waals surface area contributed by atoms with Crippen molar-refractivity contribution in [3.05, 3.63) is 33.7 Å². The maximum absolute atomic E-state index is 9.08. The van der Waals surface area contributed by atoms with E-state index in [1.165, 1.54) is 6.07 Å². The average molecular weight is 233 g/mol. The van der Waals surface area contributed by atoms with Gasteiger partial charge in [0.05, 0.1) is 27.6 Å². The van der Waals surface area contributed by atoms with Crippen LogP contribution in [-0.4, -0.2) is 0 Å². The summed E-state index contributed by atoms with van der Waals surface area (Å²) in [5.74, 6) is 0.